The van der Waals surface area contributed by atoms with Crippen LogP contribution in [0.3, 0.4) is 0 Å². The van der Waals surface area contributed by atoms with Crippen LogP contribution < -0.4 is 0 Å². The highest BCUT2D eigenvalue weighted by Crippen LogP contribution is 2.42. The summed E-state index contributed by atoms with van der Waals surface area (Å²) in [5.41, 5.74) is -1.04. The predicted molar refractivity (Wildman–Crippen MR) is 119 cm³/mol. The van der Waals surface area contributed by atoms with Crippen molar-refractivity contribution in [2.75, 3.05) is 6.61 Å². The van der Waals surface area contributed by atoms with Crippen molar-refractivity contribution in [3.05, 3.63) is 34.4 Å². The number of nitrogens with zero attached hydrogens (tertiary/aromatic N) is 1. The van der Waals surface area contributed by atoms with E-state index in [2.05, 4.69) is 0 Å². The normalized spacial score (nSPS) is 23.9. The Bertz CT molecular complexity index is 924. The van der Waals surface area contributed by atoms with Gasteiger partial charge in [0.25, 0.3) is 5.69 Å². The number of hydrogen-bond donors (Lipinski definition) is 0. The number of benzene rings is 1. The molecule has 0 spiro atoms. The molecule has 5 atom stereocenters. The minimum absolute atomic E-state index is 0.0818. The van der Waals surface area contributed by atoms with Crippen LogP contribution in [-0.2, 0) is 42.9 Å². The molecular weight excluding hydrogens is 494 g/mol. The molecule has 12 nitrogen and oxygen atoms in total. The second-order valence-electron chi connectivity index (χ2n) is 7.00. The lowest BCUT2D eigenvalue weighted by Gasteiger charge is -2.43. The fraction of sp³-hybridized carbons (Fsp3) is 0.500. The molecule has 2 rings (SSSR count). The van der Waals surface area contributed by atoms with Crippen molar-refractivity contribution in [3.63, 3.8) is 0 Å². The van der Waals surface area contributed by atoms with Crippen LogP contribution in [0, 0.1) is 10.1 Å². The molecule has 14 heteroatoms. The van der Waals surface area contributed by atoms with Crippen molar-refractivity contribution in [2.24, 2.45) is 0 Å². The smallest absolute Gasteiger partial charge is 0.303 e. The number of non-ortho nitro benzene ring substituents is 1. The molecule has 1 saturated heterocycles. The number of rotatable bonds is 9. The Morgan fingerprint density at radius 2 is 1.41 bits per heavy atom. The number of hydrogen-bond acceptors (Lipinski definition) is 13. The Kier molecular flexibility index (Phi) is 10.1. The van der Waals surface area contributed by atoms with E-state index in [1.54, 1.807) is 0 Å². The first-order valence-corrected chi connectivity index (χ1v) is 12.1. The number of nitro groups is 1. The quantitative estimate of drug-likeness (QED) is 0.155. The van der Waals surface area contributed by atoms with Gasteiger partial charge in [-0.3, -0.25) is 29.3 Å². The number of nitro benzene ring substituents is 1. The Hall–Kier alpha value is -2.84. The molecule has 1 aromatic rings. The maximum Gasteiger partial charge on any atom is 0.303 e. The molecule has 34 heavy (non-hydrogen) atoms. The van der Waals surface area contributed by atoms with Gasteiger partial charge in [0.2, 0.25) is 0 Å². The van der Waals surface area contributed by atoms with E-state index in [0.29, 0.717) is 4.90 Å². The molecule has 0 bridgehead atoms. The topological polar surface area (TPSA) is 158 Å². The van der Waals surface area contributed by atoms with E-state index in [1.807, 2.05) is 0 Å². The van der Waals surface area contributed by atoms with Crippen LogP contribution in [0.2, 0.25) is 0 Å². The van der Waals surface area contributed by atoms with Gasteiger partial charge in [-0.1, -0.05) is 21.6 Å². The molecule has 1 aliphatic heterocycles. The highest BCUT2D eigenvalue weighted by atomic mass is 33.1. The fourth-order valence-corrected chi connectivity index (χ4v) is 5.37. The molecule has 1 aliphatic rings. The Labute approximate surface area is 202 Å². The summed E-state index contributed by atoms with van der Waals surface area (Å²) in [6.45, 7) is 4.30. The molecule has 0 aliphatic carbocycles. The first-order chi connectivity index (χ1) is 16.0. The maximum absolute atomic E-state index is 11.8. The Morgan fingerprint density at radius 1 is 0.882 bits per heavy atom. The summed E-state index contributed by atoms with van der Waals surface area (Å²) in [4.78, 5) is 57.7. The van der Waals surface area contributed by atoms with Gasteiger partial charge in [-0.05, 0) is 12.1 Å². The van der Waals surface area contributed by atoms with Crippen molar-refractivity contribution >= 4 is 51.2 Å². The van der Waals surface area contributed by atoms with Gasteiger partial charge in [0.15, 0.2) is 23.7 Å². The minimum atomic E-state index is -1.26. The largest absolute Gasteiger partial charge is 0.463 e. The number of carbonyl (C=O) groups excluding carboxylic acids is 4. The summed E-state index contributed by atoms with van der Waals surface area (Å²) in [5.74, 6) is -2.75. The zero-order chi connectivity index (χ0) is 25.4. The third kappa shape index (κ3) is 8.18. The van der Waals surface area contributed by atoms with Crippen LogP contribution in [0.4, 0.5) is 5.69 Å². The van der Waals surface area contributed by atoms with Gasteiger partial charge in [-0.2, -0.15) is 0 Å². The summed E-state index contributed by atoms with van der Waals surface area (Å²) in [5, 5.41) is 10.9. The van der Waals surface area contributed by atoms with Crippen LogP contribution in [0.15, 0.2) is 29.2 Å². The first kappa shape index (κ1) is 27.4. The monoisotopic (exact) mass is 517 g/mol. The minimum Gasteiger partial charge on any atom is -0.463 e. The van der Waals surface area contributed by atoms with Gasteiger partial charge in [-0.15, -0.1) is 0 Å². The second-order valence-corrected chi connectivity index (χ2v) is 9.37. The molecule has 0 N–H and O–H groups in total. The maximum atomic E-state index is 11.8. The molecule has 1 fully saturated rings. The van der Waals surface area contributed by atoms with E-state index in [-0.39, 0.29) is 12.3 Å². The SMILES string of the molecule is CC(=O)OC[C@H]1O[C@@H](SSc2ccc([N+](=O)[O-])cc2)[C@H](OC(C)=O)[C@@H](OC(C)=O)[C@@H]1OC(C)=O. The lowest BCUT2D eigenvalue weighted by molar-refractivity contribution is -0.384. The van der Waals surface area contributed by atoms with Gasteiger partial charge in [0, 0.05) is 44.7 Å². The first-order valence-electron chi connectivity index (χ1n) is 9.86. The third-order valence-corrected chi connectivity index (χ3v) is 6.80. The molecular formula is C20H23NO11S2. The lowest BCUT2D eigenvalue weighted by Crippen LogP contribution is -2.61. The van der Waals surface area contributed by atoms with E-state index in [1.165, 1.54) is 31.2 Å². The number of ether oxygens (including phenoxy) is 5. The van der Waals surface area contributed by atoms with Crippen LogP contribution in [0.5, 0.6) is 0 Å². The summed E-state index contributed by atoms with van der Waals surface area (Å²) in [7, 11) is 2.24. The lowest BCUT2D eigenvalue weighted by atomic mass is 9.99. The number of esters is 4. The third-order valence-electron chi connectivity index (χ3n) is 4.23. The molecule has 0 unspecified atom stereocenters. The fourth-order valence-electron chi connectivity index (χ4n) is 2.99. The second kappa shape index (κ2) is 12.6. The molecule has 0 saturated carbocycles. The van der Waals surface area contributed by atoms with Crippen molar-refractivity contribution in [1.29, 1.82) is 0 Å². The van der Waals surface area contributed by atoms with Gasteiger partial charge in [-0.25, -0.2) is 0 Å². The summed E-state index contributed by atoms with van der Waals surface area (Å²) >= 11 is 0. The van der Waals surface area contributed by atoms with E-state index in [9.17, 15) is 29.3 Å². The molecule has 0 aromatic heterocycles. The predicted octanol–water partition coefficient (Wildman–Crippen LogP) is 2.42. The van der Waals surface area contributed by atoms with Crippen molar-refractivity contribution < 1.29 is 47.8 Å². The zero-order valence-corrected chi connectivity index (χ0v) is 20.3. The van der Waals surface area contributed by atoms with E-state index in [0.717, 1.165) is 42.4 Å². The highest BCUT2D eigenvalue weighted by Gasteiger charge is 2.52. The van der Waals surface area contributed by atoms with Crippen molar-refractivity contribution in [1.82, 2.24) is 0 Å². The molecule has 1 heterocycles. The van der Waals surface area contributed by atoms with Crippen LogP contribution >= 0.6 is 21.6 Å². The average molecular weight is 518 g/mol. The van der Waals surface area contributed by atoms with Gasteiger partial charge >= 0.3 is 23.9 Å². The zero-order valence-electron chi connectivity index (χ0n) is 18.7. The molecule has 1 aromatic carbocycles. The summed E-state index contributed by atoms with van der Waals surface area (Å²) in [6.07, 6.45) is -4.71. The number of carbonyl (C=O) groups is 4. The summed E-state index contributed by atoms with van der Waals surface area (Å²) in [6, 6.07) is 5.72. The molecule has 0 amide bonds. The molecule has 186 valence electrons. The average Bonchev–Trinajstić information content (AvgIpc) is 2.73. The van der Waals surface area contributed by atoms with Crippen LogP contribution in [-0.4, -0.2) is 65.3 Å². The van der Waals surface area contributed by atoms with E-state index in [4.69, 9.17) is 23.7 Å². The van der Waals surface area contributed by atoms with Gasteiger partial charge < -0.3 is 23.7 Å². The van der Waals surface area contributed by atoms with Crippen LogP contribution in [0.25, 0.3) is 0 Å². The standard InChI is InChI=1S/C20H23NO11S2/c1-10(22)28-9-16-17(29-11(2)23)18(30-12(3)24)19(31-13(4)25)20(32-16)34-33-15-7-5-14(6-8-15)21(26)27/h5-8,16-20H,9H2,1-4H3/t16-,17-,18+,19-,20+/m1/s1. The Balaban J connectivity index is 2.34. The summed E-state index contributed by atoms with van der Waals surface area (Å²) < 4.78 is 27.0. The van der Waals surface area contributed by atoms with E-state index >= 15 is 0 Å². The van der Waals surface area contributed by atoms with Crippen molar-refractivity contribution in [3.8, 4) is 0 Å². The van der Waals surface area contributed by atoms with Crippen LogP contribution in [0.1, 0.15) is 27.7 Å². The molecule has 0 radical (unpaired) electrons. The van der Waals surface area contributed by atoms with E-state index < -0.39 is 58.7 Å². The van der Waals surface area contributed by atoms with Gasteiger partial charge in [0.1, 0.15) is 12.7 Å². The Morgan fingerprint density at radius 3 is 1.91 bits per heavy atom. The van der Waals surface area contributed by atoms with Crippen molar-refractivity contribution in [2.45, 2.75) is 62.4 Å². The van der Waals surface area contributed by atoms with Gasteiger partial charge in [0.05, 0.1) is 4.92 Å². The highest BCUT2D eigenvalue weighted by molar-refractivity contribution is 8.76.